The van der Waals surface area contributed by atoms with Crippen molar-refractivity contribution in [3.63, 3.8) is 0 Å². The van der Waals surface area contributed by atoms with Crippen LogP contribution in [0.1, 0.15) is 21.5 Å². The van der Waals surface area contributed by atoms with E-state index in [1.165, 1.54) is 10.6 Å². The first kappa shape index (κ1) is 14.7. The molecule has 2 aromatic heterocycles. The normalized spacial score (nSPS) is 11.0. The molecular weight excluding hydrogens is 296 g/mol. The Morgan fingerprint density at radius 2 is 1.91 bits per heavy atom. The lowest BCUT2D eigenvalue weighted by Crippen LogP contribution is -2.16. The quantitative estimate of drug-likeness (QED) is 0.573. The SMILES string of the molecule is Cc1ccc(O)c(C)c1-c1cn2cc(O)nc2c(C(N)=O)c1N. The smallest absolute Gasteiger partial charge is 0.254 e. The molecule has 0 unspecified atom stereocenters. The number of carbonyl (C=O) groups is 1. The Morgan fingerprint density at radius 3 is 2.57 bits per heavy atom. The number of aromatic nitrogens is 2. The highest BCUT2D eigenvalue weighted by Gasteiger charge is 2.21. The highest BCUT2D eigenvalue weighted by atomic mass is 16.3. The zero-order valence-electron chi connectivity index (χ0n) is 12.7. The molecule has 7 nitrogen and oxygen atoms in total. The number of aryl methyl sites for hydroxylation is 1. The van der Waals surface area contributed by atoms with Gasteiger partial charge in [-0.1, -0.05) is 6.07 Å². The molecule has 118 valence electrons. The number of carbonyl (C=O) groups excluding carboxylic acids is 1. The lowest BCUT2D eigenvalue weighted by molar-refractivity contribution is 0.100. The van der Waals surface area contributed by atoms with E-state index in [-0.39, 0.29) is 28.5 Å². The fraction of sp³-hybridized carbons (Fsp3) is 0.125. The number of aromatic hydroxyl groups is 2. The number of hydrogen-bond donors (Lipinski definition) is 4. The lowest BCUT2D eigenvalue weighted by atomic mass is 9.93. The number of primary amides is 1. The van der Waals surface area contributed by atoms with Gasteiger partial charge in [0.05, 0.1) is 11.9 Å². The number of nitrogens with two attached hydrogens (primary N) is 2. The van der Waals surface area contributed by atoms with Crippen molar-refractivity contribution < 1.29 is 15.0 Å². The van der Waals surface area contributed by atoms with Gasteiger partial charge in [-0.3, -0.25) is 4.79 Å². The van der Waals surface area contributed by atoms with Crippen LogP contribution in [0.15, 0.2) is 24.5 Å². The first-order valence-corrected chi connectivity index (χ1v) is 6.90. The molecule has 2 heterocycles. The molecule has 3 rings (SSSR count). The molecule has 0 saturated heterocycles. The molecule has 0 radical (unpaired) electrons. The van der Waals surface area contributed by atoms with E-state index >= 15 is 0 Å². The van der Waals surface area contributed by atoms with E-state index in [1.807, 2.05) is 6.92 Å². The van der Waals surface area contributed by atoms with Gasteiger partial charge in [-0.15, -0.1) is 0 Å². The van der Waals surface area contributed by atoms with Gasteiger partial charge in [0.1, 0.15) is 11.3 Å². The van der Waals surface area contributed by atoms with Gasteiger partial charge in [-0.05, 0) is 36.6 Å². The van der Waals surface area contributed by atoms with Gasteiger partial charge in [0.15, 0.2) is 5.65 Å². The first-order chi connectivity index (χ1) is 10.8. The highest BCUT2D eigenvalue weighted by molar-refractivity contribution is 6.07. The van der Waals surface area contributed by atoms with Gasteiger partial charge in [-0.25, -0.2) is 0 Å². The van der Waals surface area contributed by atoms with Crippen LogP contribution in [0.3, 0.4) is 0 Å². The number of nitrogens with zero attached hydrogens (tertiary/aromatic N) is 2. The second kappa shape index (κ2) is 4.91. The zero-order chi connectivity index (χ0) is 16.9. The number of phenolic OH excluding ortho intramolecular Hbond substituents is 1. The van der Waals surface area contributed by atoms with Gasteiger partial charge < -0.3 is 26.1 Å². The number of rotatable bonds is 2. The van der Waals surface area contributed by atoms with E-state index in [4.69, 9.17) is 11.5 Å². The summed E-state index contributed by atoms with van der Waals surface area (Å²) in [5.74, 6) is -0.858. The largest absolute Gasteiger partial charge is 0.508 e. The molecule has 6 N–H and O–H groups in total. The molecule has 0 aliphatic rings. The van der Waals surface area contributed by atoms with Crippen LogP contribution in [0.25, 0.3) is 16.8 Å². The molecule has 7 heteroatoms. The molecule has 0 atom stereocenters. The Labute approximate surface area is 131 Å². The summed E-state index contributed by atoms with van der Waals surface area (Å²) in [6, 6.07) is 3.36. The monoisotopic (exact) mass is 312 g/mol. The summed E-state index contributed by atoms with van der Waals surface area (Å²) < 4.78 is 1.49. The number of fused-ring (bicyclic) bond motifs is 1. The van der Waals surface area contributed by atoms with E-state index in [9.17, 15) is 15.0 Å². The van der Waals surface area contributed by atoms with Crippen molar-refractivity contribution >= 4 is 17.2 Å². The number of phenols is 1. The predicted octanol–water partition coefficient (Wildman–Crippen LogP) is 1.71. The number of hydrogen-bond acceptors (Lipinski definition) is 5. The Morgan fingerprint density at radius 1 is 1.22 bits per heavy atom. The highest BCUT2D eigenvalue weighted by Crippen LogP contribution is 2.38. The number of imidazole rings is 1. The van der Waals surface area contributed by atoms with E-state index in [1.54, 1.807) is 25.3 Å². The number of pyridine rings is 1. The molecular formula is C16H16N4O3. The first-order valence-electron chi connectivity index (χ1n) is 6.90. The average Bonchev–Trinajstić information content (AvgIpc) is 2.83. The molecule has 0 saturated carbocycles. The summed E-state index contributed by atoms with van der Waals surface area (Å²) in [4.78, 5) is 15.7. The van der Waals surface area contributed by atoms with Crippen molar-refractivity contribution in [2.45, 2.75) is 13.8 Å². The van der Waals surface area contributed by atoms with Crippen molar-refractivity contribution in [3.8, 4) is 22.8 Å². The summed E-state index contributed by atoms with van der Waals surface area (Å²) in [6.07, 6.45) is 3.01. The van der Waals surface area contributed by atoms with Crippen molar-refractivity contribution in [1.29, 1.82) is 0 Å². The summed E-state index contributed by atoms with van der Waals surface area (Å²) >= 11 is 0. The summed E-state index contributed by atoms with van der Waals surface area (Å²) in [7, 11) is 0. The van der Waals surface area contributed by atoms with Gasteiger partial charge in [0.25, 0.3) is 5.91 Å². The van der Waals surface area contributed by atoms with Crippen LogP contribution in [0, 0.1) is 13.8 Å². The molecule has 1 amide bonds. The molecule has 0 aliphatic heterocycles. The average molecular weight is 312 g/mol. The van der Waals surface area contributed by atoms with Crippen molar-refractivity contribution in [2.75, 3.05) is 5.73 Å². The van der Waals surface area contributed by atoms with Gasteiger partial charge >= 0.3 is 0 Å². The minimum Gasteiger partial charge on any atom is -0.508 e. The molecule has 0 spiro atoms. The maximum absolute atomic E-state index is 11.8. The van der Waals surface area contributed by atoms with Crippen LogP contribution in [0.2, 0.25) is 0 Å². The minimum atomic E-state index is -0.740. The Hall–Kier alpha value is -3.22. The standard InChI is InChI=1S/C16H16N4O3/c1-7-3-4-10(21)8(2)12(7)9-5-20-6-11(22)19-16(20)13(14(9)17)15(18)23/h3-6,21-22H,17H2,1-2H3,(H2,18,23). The second-order valence-electron chi connectivity index (χ2n) is 5.43. The van der Waals surface area contributed by atoms with E-state index in [2.05, 4.69) is 4.98 Å². The maximum atomic E-state index is 11.8. The third-order valence-corrected chi connectivity index (χ3v) is 3.93. The number of nitrogen functional groups attached to an aromatic ring is 1. The van der Waals surface area contributed by atoms with Crippen molar-refractivity contribution in [3.05, 3.63) is 41.2 Å². The number of amides is 1. The van der Waals surface area contributed by atoms with Gasteiger partial charge in [0, 0.05) is 11.8 Å². The molecule has 0 fully saturated rings. The number of benzene rings is 1. The lowest BCUT2D eigenvalue weighted by Gasteiger charge is -2.16. The fourth-order valence-electron chi connectivity index (χ4n) is 2.82. The third kappa shape index (κ3) is 2.13. The second-order valence-corrected chi connectivity index (χ2v) is 5.43. The van der Waals surface area contributed by atoms with Gasteiger partial charge in [-0.2, -0.15) is 4.98 Å². The molecule has 0 aliphatic carbocycles. The Balaban J connectivity index is 2.46. The predicted molar refractivity (Wildman–Crippen MR) is 86.4 cm³/mol. The van der Waals surface area contributed by atoms with Crippen LogP contribution in [-0.2, 0) is 0 Å². The van der Waals surface area contributed by atoms with Crippen LogP contribution in [-0.4, -0.2) is 25.5 Å². The Kier molecular flexibility index (Phi) is 3.14. The summed E-state index contributed by atoms with van der Waals surface area (Å²) in [5, 5.41) is 19.6. The van der Waals surface area contributed by atoms with Crippen molar-refractivity contribution in [1.82, 2.24) is 9.38 Å². The third-order valence-electron chi connectivity index (χ3n) is 3.93. The van der Waals surface area contributed by atoms with Gasteiger partial charge in [0.2, 0.25) is 5.88 Å². The van der Waals surface area contributed by atoms with Crippen LogP contribution in [0.5, 0.6) is 11.6 Å². The fourth-order valence-corrected chi connectivity index (χ4v) is 2.82. The van der Waals surface area contributed by atoms with E-state index < -0.39 is 5.91 Å². The van der Waals surface area contributed by atoms with E-state index in [0.29, 0.717) is 16.7 Å². The molecule has 0 bridgehead atoms. The summed E-state index contributed by atoms with van der Waals surface area (Å²) in [5.41, 5.74) is 14.7. The Bertz CT molecular complexity index is 960. The molecule has 23 heavy (non-hydrogen) atoms. The van der Waals surface area contributed by atoms with Crippen LogP contribution < -0.4 is 11.5 Å². The molecule has 3 aromatic rings. The molecule has 1 aromatic carbocycles. The topological polar surface area (TPSA) is 127 Å². The van der Waals surface area contributed by atoms with E-state index in [0.717, 1.165) is 5.56 Å². The minimum absolute atomic E-state index is 0.0324. The summed E-state index contributed by atoms with van der Waals surface area (Å²) in [6.45, 7) is 3.64. The maximum Gasteiger partial charge on any atom is 0.254 e. The van der Waals surface area contributed by atoms with Crippen LogP contribution in [0.4, 0.5) is 5.69 Å². The number of anilines is 1. The van der Waals surface area contributed by atoms with Crippen LogP contribution >= 0.6 is 0 Å². The van der Waals surface area contributed by atoms with Crippen molar-refractivity contribution in [2.24, 2.45) is 5.73 Å². The zero-order valence-corrected chi connectivity index (χ0v) is 12.7.